The predicted molar refractivity (Wildman–Crippen MR) is 100 cm³/mol. The smallest absolute Gasteiger partial charge is 0.410 e. The second-order valence-corrected chi connectivity index (χ2v) is 8.56. The van der Waals surface area contributed by atoms with Crippen LogP contribution in [0.15, 0.2) is 0 Å². The summed E-state index contributed by atoms with van der Waals surface area (Å²) >= 11 is 0. The first kappa shape index (κ1) is 22.0. The molecule has 2 rings (SSSR count). The molecule has 1 aliphatic carbocycles. The van der Waals surface area contributed by atoms with Gasteiger partial charge in [0.2, 0.25) is 0 Å². The van der Waals surface area contributed by atoms with E-state index in [-0.39, 0.29) is 36.2 Å². The van der Waals surface area contributed by atoms with Crippen LogP contribution < -0.4 is 0 Å². The lowest BCUT2D eigenvalue weighted by atomic mass is 9.87. The third kappa shape index (κ3) is 6.35. The van der Waals surface area contributed by atoms with Gasteiger partial charge in [0.15, 0.2) is 0 Å². The molecule has 27 heavy (non-hydrogen) atoms. The molecule has 1 saturated carbocycles. The van der Waals surface area contributed by atoms with Gasteiger partial charge in [0, 0.05) is 7.11 Å². The van der Waals surface area contributed by atoms with Crippen LogP contribution in [0.4, 0.5) is 4.79 Å². The van der Waals surface area contributed by atoms with Gasteiger partial charge in [-0.1, -0.05) is 0 Å². The van der Waals surface area contributed by atoms with E-state index in [2.05, 4.69) is 0 Å². The van der Waals surface area contributed by atoms with Gasteiger partial charge in [0.25, 0.3) is 0 Å². The van der Waals surface area contributed by atoms with Crippen molar-refractivity contribution >= 4 is 12.1 Å². The zero-order chi connectivity index (χ0) is 20.0. The van der Waals surface area contributed by atoms with E-state index in [1.807, 2.05) is 20.8 Å². The second kappa shape index (κ2) is 9.73. The minimum Gasteiger partial charge on any atom is -0.469 e. The molecule has 0 N–H and O–H groups in total. The lowest BCUT2D eigenvalue weighted by Gasteiger charge is -2.33. The van der Waals surface area contributed by atoms with E-state index in [1.165, 1.54) is 7.11 Å². The molecule has 0 aromatic carbocycles. The number of esters is 1. The number of likely N-dealkylation sites (tertiary alicyclic amines) is 1. The number of rotatable bonds is 6. The first-order valence-electron chi connectivity index (χ1n) is 9.94. The lowest BCUT2D eigenvalue weighted by molar-refractivity contribution is -0.147. The van der Waals surface area contributed by atoms with Crippen molar-refractivity contribution in [3.63, 3.8) is 0 Å². The van der Waals surface area contributed by atoms with Gasteiger partial charge in [-0.25, -0.2) is 4.79 Å². The molecule has 2 atom stereocenters. The summed E-state index contributed by atoms with van der Waals surface area (Å²) in [6, 6.07) is 0.0202. The van der Waals surface area contributed by atoms with Gasteiger partial charge in [-0.2, -0.15) is 0 Å². The third-order valence-corrected chi connectivity index (χ3v) is 5.32. The van der Waals surface area contributed by atoms with E-state index in [1.54, 1.807) is 12.0 Å². The summed E-state index contributed by atoms with van der Waals surface area (Å²) in [7, 11) is 3.09. The van der Waals surface area contributed by atoms with Crippen LogP contribution >= 0.6 is 0 Å². The number of carbonyl (C=O) groups is 2. The van der Waals surface area contributed by atoms with Crippen molar-refractivity contribution in [3.05, 3.63) is 0 Å². The number of carbonyl (C=O) groups excluding carboxylic acids is 2. The Labute approximate surface area is 162 Å². The van der Waals surface area contributed by atoms with Crippen molar-refractivity contribution in [1.82, 2.24) is 4.90 Å². The highest BCUT2D eigenvalue weighted by Gasteiger charge is 2.40. The highest BCUT2D eigenvalue weighted by Crippen LogP contribution is 2.30. The second-order valence-electron chi connectivity index (χ2n) is 8.56. The lowest BCUT2D eigenvalue weighted by Crippen LogP contribution is -2.47. The summed E-state index contributed by atoms with van der Waals surface area (Å²) in [6.45, 7) is 6.61. The van der Waals surface area contributed by atoms with Gasteiger partial charge >= 0.3 is 12.1 Å². The number of ether oxygens (including phenoxy) is 4. The van der Waals surface area contributed by atoms with Gasteiger partial charge in [0.05, 0.1) is 44.4 Å². The molecule has 1 heterocycles. The SMILES string of the molecule is COC[C@H]1CC[C@@H](CO[C@H]2CC[C@@H](C(=O)OC)CC2)N1C(=O)OC(C)(C)C. The van der Waals surface area contributed by atoms with Gasteiger partial charge in [-0.15, -0.1) is 0 Å². The Hall–Kier alpha value is -1.34. The number of hydrogen-bond donors (Lipinski definition) is 0. The summed E-state index contributed by atoms with van der Waals surface area (Å²) in [5.74, 6) is -0.131. The molecule has 7 heteroatoms. The average molecular weight is 386 g/mol. The Morgan fingerprint density at radius 2 is 1.52 bits per heavy atom. The molecule has 156 valence electrons. The first-order valence-corrected chi connectivity index (χ1v) is 9.94. The Morgan fingerprint density at radius 3 is 2.04 bits per heavy atom. The van der Waals surface area contributed by atoms with Crippen LogP contribution in [0.1, 0.15) is 59.3 Å². The molecule has 0 bridgehead atoms. The summed E-state index contributed by atoms with van der Waals surface area (Å²) in [5.41, 5.74) is -0.533. The van der Waals surface area contributed by atoms with E-state index < -0.39 is 5.60 Å². The van der Waals surface area contributed by atoms with Gasteiger partial charge in [-0.3, -0.25) is 9.69 Å². The van der Waals surface area contributed by atoms with Crippen LogP contribution in [0, 0.1) is 5.92 Å². The van der Waals surface area contributed by atoms with Gasteiger partial charge in [-0.05, 0) is 59.3 Å². The van der Waals surface area contributed by atoms with Crippen LogP contribution in [0.3, 0.4) is 0 Å². The van der Waals surface area contributed by atoms with Crippen LogP contribution in [0.25, 0.3) is 0 Å². The van der Waals surface area contributed by atoms with Gasteiger partial charge < -0.3 is 18.9 Å². The van der Waals surface area contributed by atoms with E-state index in [9.17, 15) is 9.59 Å². The fraction of sp³-hybridized carbons (Fsp3) is 0.900. The topological polar surface area (TPSA) is 74.3 Å². The standard InChI is InChI=1S/C20H35NO6/c1-20(2,3)27-19(23)21-15(12-24-4)8-9-16(21)13-26-17-10-6-14(7-11-17)18(22)25-5/h14-17H,6-13H2,1-5H3/t14-,15-,16+,17+/m1/s1. The van der Waals surface area contributed by atoms with Gasteiger partial charge in [0.1, 0.15) is 5.60 Å². The molecule has 0 radical (unpaired) electrons. The minimum atomic E-state index is -0.533. The number of nitrogens with zero attached hydrogens (tertiary/aromatic N) is 1. The van der Waals surface area contributed by atoms with Crippen molar-refractivity contribution < 1.29 is 28.5 Å². The normalized spacial score (nSPS) is 28.9. The number of methoxy groups -OCH3 is 2. The van der Waals surface area contributed by atoms with Crippen molar-refractivity contribution in [2.45, 2.75) is 83.1 Å². The Kier molecular flexibility index (Phi) is 7.91. The average Bonchev–Trinajstić information content (AvgIpc) is 3.01. The van der Waals surface area contributed by atoms with E-state index in [0.29, 0.717) is 13.2 Å². The molecule has 2 fully saturated rings. The molecule has 1 amide bonds. The van der Waals surface area contributed by atoms with Crippen LogP contribution in [0.5, 0.6) is 0 Å². The zero-order valence-electron chi connectivity index (χ0n) is 17.4. The fourth-order valence-electron chi connectivity index (χ4n) is 3.97. The predicted octanol–water partition coefficient (Wildman–Crippen LogP) is 3.15. The highest BCUT2D eigenvalue weighted by atomic mass is 16.6. The maximum absolute atomic E-state index is 12.7. The molecule has 0 aromatic heterocycles. The molecule has 0 spiro atoms. The maximum Gasteiger partial charge on any atom is 0.410 e. The highest BCUT2D eigenvalue weighted by molar-refractivity contribution is 5.72. The minimum absolute atomic E-state index is 0.00155. The maximum atomic E-state index is 12.7. The van der Waals surface area contributed by atoms with Crippen LogP contribution in [-0.4, -0.2) is 68.2 Å². The van der Waals surface area contributed by atoms with Crippen molar-refractivity contribution in [2.24, 2.45) is 5.92 Å². The zero-order valence-corrected chi connectivity index (χ0v) is 17.4. The van der Waals surface area contributed by atoms with Crippen LogP contribution in [-0.2, 0) is 23.7 Å². The summed E-state index contributed by atoms with van der Waals surface area (Å²) < 4.78 is 21.8. The van der Waals surface area contributed by atoms with E-state index in [0.717, 1.165) is 38.5 Å². The van der Waals surface area contributed by atoms with E-state index >= 15 is 0 Å². The molecular weight excluding hydrogens is 350 g/mol. The quantitative estimate of drug-likeness (QED) is 0.654. The molecule has 0 unspecified atom stereocenters. The largest absolute Gasteiger partial charge is 0.469 e. The molecule has 1 saturated heterocycles. The third-order valence-electron chi connectivity index (χ3n) is 5.32. The van der Waals surface area contributed by atoms with Crippen molar-refractivity contribution in [1.29, 1.82) is 0 Å². The fourth-order valence-corrected chi connectivity index (χ4v) is 3.97. The first-order chi connectivity index (χ1) is 12.7. The molecule has 0 aromatic rings. The summed E-state index contributed by atoms with van der Waals surface area (Å²) in [4.78, 5) is 26.1. The summed E-state index contributed by atoms with van der Waals surface area (Å²) in [5, 5.41) is 0. The Bertz CT molecular complexity index is 495. The molecular formula is C20H35NO6. The van der Waals surface area contributed by atoms with Crippen molar-refractivity contribution in [3.8, 4) is 0 Å². The number of amides is 1. The van der Waals surface area contributed by atoms with E-state index in [4.69, 9.17) is 18.9 Å². The molecule has 2 aliphatic rings. The molecule has 1 aliphatic heterocycles. The number of hydrogen-bond acceptors (Lipinski definition) is 6. The monoisotopic (exact) mass is 385 g/mol. The molecule has 7 nitrogen and oxygen atoms in total. The van der Waals surface area contributed by atoms with Crippen LogP contribution in [0.2, 0.25) is 0 Å². The Morgan fingerprint density at radius 1 is 0.926 bits per heavy atom. The van der Waals surface area contributed by atoms with Crippen molar-refractivity contribution in [2.75, 3.05) is 27.4 Å². The summed E-state index contributed by atoms with van der Waals surface area (Å²) in [6.07, 6.45) is 4.88. The Balaban J connectivity index is 1.88.